The summed E-state index contributed by atoms with van der Waals surface area (Å²) in [7, 11) is 0. The van der Waals surface area contributed by atoms with E-state index in [2.05, 4.69) is 4.99 Å². The summed E-state index contributed by atoms with van der Waals surface area (Å²) in [6.45, 7) is 3.88. The molecule has 0 aromatic heterocycles. The quantitative estimate of drug-likeness (QED) is 0.308. The predicted molar refractivity (Wildman–Crippen MR) is 126 cm³/mol. The molecule has 0 unspecified atom stereocenters. The molecule has 0 aliphatic carbocycles. The molecule has 0 bridgehead atoms. The van der Waals surface area contributed by atoms with E-state index < -0.39 is 23.8 Å². The SMILES string of the molecule is CCOC(=O)[C@@H](Cc1ccc(N=Cc2ccc(C)cc2)cc1)N1C(=O)c2ccccc2C1=O. The Morgan fingerprint density at radius 2 is 1.55 bits per heavy atom. The van der Waals surface area contributed by atoms with Crippen LogP contribution in [0.3, 0.4) is 0 Å². The van der Waals surface area contributed by atoms with Crippen molar-refractivity contribution >= 4 is 29.7 Å². The summed E-state index contributed by atoms with van der Waals surface area (Å²) in [4.78, 5) is 44.1. The third kappa shape index (κ3) is 4.75. The van der Waals surface area contributed by atoms with Crippen molar-refractivity contribution in [3.63, 3.8) is 0 Å². The normalized spacial score (nSPS) is 13.9. The fourth-order valence-electron chi connectivity index (χ4n) is 3.75. The van der Waals surface area contributed by atoms with Gasteiger partial charge in [0.05, 0.1) is 23.4 Å². The number of fused-ring (bicyclic) bond motifs is 1. The third-order valence-corrected chi connectivity index (χ3v) is 5.50. The number of imide groups is 1. The summed E-state index contributed by atoms with van der Waals surface area (Å²) in [5, 5.41) is 0. The van der Waals surface area contributed by atoms with E-state index in [9.17, 15) is 14.4 Å². The zero-order chi connectivity index (χ0) is 23.4. The van der Waals surface area contributed by atoms with Gasteiger partial charge in [0.2, 0.25) is 0 Å². The van der Waals surface area contributed by atoms with Crippen LogP contribution in [0.1, 0.15) is 44.3 Å². The smallest absolute Gasteiger partial charge is 0.329 e. The molecular formula is C27H24N2O4. The van der Waals surface area contributed by atoms with Crippen LogP contribution in [-0.2, 0) is 16.0 Å². The third-order valence-electron chi connectivity index (χ3n) is 5.50. The second-order valence-corrected chi connectivity index (χ2v) is 7.83. The lowest BCUT2D eigenvalue weighted by atomic mass is 10.0. The van der Waals surface area contributed by atoms with Gasteiger partial charge in [0.15, 0.2) is 0 Å². The first-order valence-corrected chi connectivity index (χ1v) is 10.8. The minimum Gasteiger partial charge on any atom is -0.464 e. The van der Waals surface area contributed by atoms with Gasteiger partial charge in [-0.2, -0.15) is 0 Å². The first kappa shape index (κ1) is 22.1. The van der Waals surface area contributed by atoms with Crippen LogP contribution in [0.4, 0.5) is 5.69 Å². The zero-order valence-electron chi connectivity index (χ0n) is 18.5. The number of carbonyl (C=O) groups excluding carboxylic acids is 3. The maximum absolute atomic E-state index is 12.9. The Morgan fingerprint density at radius 1 is 0.939 bits per heavy atom. The number of carbonyl (C=O) groups is 3. The molecule has 2 amide bonds. The van der Waals surface area contributed by atoms with Crippen molar-refractivity contribution in [3.05, 3.63) is 101 Å². The molecule has 6 nitrogen and oxygen atoms in total. The molecule has 1 aliphatic heterocycles. The number of nitrogens with zero attached hydrogens (tertiary/aromatic N) is 2. The highest BCUT2D eigenvalue weighted by Crippen LogP contribution is 2.27. The van der Waals surface area contributed by atoms with E-state index in [1.54, 1.807) is 37.4 Å². The lowest BCUT2D eigenvalue weighted by Crippen LogP contribution is -2.47. The highest BCUT2D eigenvalue weighted by molar-refractivity contribution is 6.22. The second-order valence-electron chi connectivity index (χ2n) is 7.83. The maximum atomic E-state index is 12.9. The van der Waals surface area contributed by atoms with E-state index in [0.717, 1.165) is 21.7 Å². The Labute approximate surface area is 192 Å². The number of aryl methyl sites for hydroxylation is 1. The Balaban J connectivity index is 1.54. The number of rotatable bonds is 7. The van der Waals surface area contributed by atoms with Gasteiger partial charge in [0.1, 0.15) is 6.04 Å². The summed E-state index contributed by atoms with van der Waals surface area (Å²) in [6.07, 6.45) is 1.95. The number of aliphatic imine (C=N–C) groups is 1. The van der Waals surface area contributed by atoms with Crippen molar-refractivity contribution in [1.82, 2.24) is 4.90 Å². The largest absolute Gasteiger partial charge is 0.464 e. The predicted octanol–water partition coefficient (Wildman–Crippen LogP) is 4.52. The molecule has 1 heterocycles. The molecule has 6 heteroatoms. The summed E-state index contributed by atoms with van der Waals surface area (Å²) >= 11 is 0. The first-order chi connectivity index (χ1) is 16.0. The Kier molecular flexibility index (Phi) is 6.45. The molecule has 3 aromatic carbocycles. The van der Waals surface area contributed by atoms with Gasteiger partial charge in [-0.3, -0.25) is 19.5 Å². The van der Waals surface area contributed by atoms with Gasteiger partial charge < -0.3 is 4.74 Å². The van der Waals surface area contributed by atoms with Gasteiger partial charge >= 0.3 is 5.97 Å². The van der Waals surface area contributed by atoms with Crippen molar-refractivity contribution in [2.75, 3.05) is 6.61 Å². The maximum Gasteiger partial charge on any atom is 0.329 e. The second kappa shape index (κ2) is 9.61. The van der Waals surface area contributed by atoms with Crippen LogP contribution in [0.15, 0.2) is 77.8 Å². The van der Waals surface area contributed by atoms with Gasteiger partial charge in [-0.25, -0.2) is 4.79 Å². The van der Waals surface area contributed by atoms with Crippen molar-refractivity contribution in [1.29, 1.82) is 0 Å². The highest BCUT2D eigenvalue weighted by atomic mass is 16.5. The Hall–Kier alpha value is -4.06. The molecule has 1 atom stereocenters. The molecule has 4 rings (SSSR count). The van der Waals surface area contributed by atoms with Crippen LogP contribution >= 0.6 is 0 Å². The van der Waals surface area contributed by atoms with E-state index in [0.29, 0.717) is 11.1 Å². The van der Waals surface area contributed by atoms with Crippen molar-refractivity contribution < 1.29 is 19.1 Å². The van der Waals surface area contributed by atoms with E-state index in [1.807, 2.05) is 55.5 Å². The number of ether oxygens (including phenoxy) is 1. The van der Waals surface area contributed by atoms with Crippen LogP contribution in [0.2, 0.25) is 0 Å². The van der Waals surface area contributed by atoms with Crippen molar-refractivity contribution in [2.24, 2.45) is 4.99 Å². The lowest BCUT2D eigenvalue weighted by Gasteiger charge is -2.24. The van der Waals surface area contributed by atoms with Gasteiger partial charge in [0.25, 0.3) is 11.8 Å². The molecule has 33 heavy (non-hydrogen) atoms. The average Bonchev–Trinajstić information content (AvgIpc) is 3.08. The van der Waals surface area contributed by atoms with Gasteiger partial charge in [-0.1, -0.05) is 54.1 Å². The molecule has 0 radical (unpaired) electrons. The van der Waals surface area contributed by atoms with Crippen molar-refractivity contribution in [2.45, 2.75) is 26.3 Å². The van der Waals surface area contributed by atoms with Gasteiger partial charge in [-0.05, 0) is 49.2 Å². The summed E-state index contributed by atoms with van der Waals surface area (Å²) in [5.41, 5.74) is 4.34. The van der Waals surface area contributed by atoms with Crippen LogP contribution < -0.4 is 0 Å². The first-order valence-electron chi connectivity index (χ1n) is 10.8. The number of hydrogen-bond donors (Lipinski definition) is 0. The van der Waals surface area contributed by atoms with E-state index in [1.165, 1.54) is 5.56 Å². The summed E-state index contributed by atoms with van der Waals surface area (Å²) in [6, 6.07) is 21.0. The fraction of sp³-hybridized carbons (Fsp3) is 0.185. The minimum atomic E-state index is -1.04. The molecule has 1 aliphatic rings. The van der Waals surface area contributed by atoms with Crippen molar-refractivity contribution in [3.8, 4) is 0 Å². The fourth-order valence-corrected chi connectivity index (χ4v) is 3.75. The Morgan fingerprint density at radius 3 is 2.12 bits per heavy atom. The molecule has 0 N–H and O–H groups in total. The van der Waals surface area contributed by atoms with E-state index in [-0.39, 0.29) is 13.0 Å². The molecule has 0 saturated carbocycles. The van der Waals surface area contributed by atoms with Crippen LogP contribution in [0.5, 0.6) is 0 Å². The number of amides is 2. The van der Waals surface area contributed by atoms with Gasteiger partial charge in [0, 0.05) is 12.6 Å². The highest BCUT2D eigenvalue weighted by Gasteiger charge is 2.43. The standard InChI is InChI=1S/C27H24N2O4/c1-3-33-27(32)24(29-25(30)22-6-4-5-7-23(22)26(29)31)16-19-12-14-21(15-13-19)28-17-20-10-8-18(2)9-11-20/h4-15,17,24H,3,16H2,1-2H3/t24-/m1/s1. The monoisotopic (exact) mass is 440 g/mol. The number of hydrogen-bond acceptors (Lipinski definition) is 5. The molecule has 0 spiro atoms. The van der Waals surface area contributed by atoms with Crippen LogP contribution in [-0.4, -0.2) is 41.5 Å². The van der Waals surface area contributed by atoms with Crippen LogP contribution in [0.25, 0.3) is 0 Å². The van der Waals surface area contributed by atoms with Crippen LogP contribution in [0, 0.1) is 6.92 Å². The van der Waals surface area contributed by atoms with E-state index >= 15 is 0 Å². The lowest BCUT2D eigenvalue weighted by molar-refractivity contribution is -0.147. The summed E-state index contributed by atoms with van der Waals surface area (Å²) < 4.78 is 5.20. The number of benzene rings is 3. The Bertz CT molecular complexity index is 1180. The van der Waals surface area contributed by atoms with Gasteiger partial charge in [-0.15, -0.1) is 0 Å². The molecule has 3 aromatic rings. The molecule has 0 saturated heterocycles. The minimum absolute atomic E-state index is 0.158. The number of esters is 1. The molecular weight excluding hydrogens is 416 g/mol. The summed E-state index contributed by atoms with van der Waals surface area (Å²) in [5.74, 6) is -1.56. The molecule has 0 fully saturated rings. The average molecular weight is 440 g/mol. The topological polar surface area (TPSA) is 76.0 Å². The zero-order valence-corrected chi connectivity index (χ0v) is 18.5. The molecule has 166 valence electrons. The van der Waals surface area contributed by atoms with E-state index in [4.69, 9.17) is 4.74 Å².